The molecule has 0 bridgehead atoms. The second kappa shape index (κ2) is 6.48. The third-order valence-corrected chi connectivity index (χ3v) is 6.30. The predicted octanol–water partition coefficient (Wildman–Crippen LogP) is 2.05. The molecular formula is C17H26N5O5P. The molecule has 2 aromatic rings. The van der Waals surface area contributed by atoms with Crippen molar-refractivity contribution in [2.75, 3.05) is 18.9 Å². The van der Waals surface area contributed by atoms with Crippen molar-refractivity contribution in [2.45, 2.75) is 51.5 Å². The quantitative estimate of drug-likeness (QED) is 0.727. The van der Waals surface area contributed by atoms with Crippen molar-refractivity contribution in [3.63, 3.8) is 0 Å². The van der Waals surface area contributed by atoms with Crippen molar-refractivity contribution >= 4 is 19.2 Å². The Kier molecular flexibility index (Phi) is 4.57. The second-order valence-electron chi connectivity index (χ2n) is 8.72. The summed E-state index contributed by atoms with van der Waals surface area (Å²) in [7, 11) is -3.73. The van der Waals surface area contributed by atoms with Crippen LogP contribution >= 0.6 is 7.82 Å². The van der Waals surface area contributed by atoms with Gasteiger partial charge in [0.1, 0.15) is 30.2 Å². The molecule has 2 aliphatic rings. The van der Waals surface area contributed by atoms with Gasteiger partial charge in [-0.2, -0.15) is 5.10 Å². The number of fused-ring (bicyclic) bond motifs is 2. The van der Waals surface area contributed by atoms with Crippen molar-refractivity contribution in [3.8, 4) is 0 Å². The van der Waals surface area contributed by atoms with Crippen LogP contribution in [-0.2, 0) is 22.9 Å². The van der Waals surface area contributed by atoms with E-state index in [9.17, 15) is 4.57 Å². The van der Waals surface area contributed by atoms with Crippen LogP contribution in [0.25, 0.3) is 5.52 Å². The summed E-state index contributed by atoms with van der Waals surface area (Å²) in [5.74, 6) is 0.357. The minimum atomic E-state index is -3.73. The van der Waals surface area contributed by atoms with Crippen LogP contribution in [0.2, 0.25) is 0 Å². The summed E-state index contributed by atoms with van der Waals surface area (Å²) in [5, 5.41) is 4.25. The molecule has 1 unspecified atom stereocenters. The lowest BCUT2D eigenvalue weighted by molar-refractivity contribution is -0.0630. The third kappa shape index (κ3) is 3.34. The average molecular weight is 411 g/mol. The Morgan fingerprint density at radius 2 is 2.18 bits per heavy atom. The van der Waals surface area contributed by atoms with Gasteiger partial charge in [0.2, 0.25) is 0 Å². The highest BCUT2D eigenvalue weighted by Gasteiger charge is 2.59. The highest BCUT2D eigenvalue weighted by atomic mass is 31.2. The highest BCUT2D eigenvalue weighted by Crippen LogP contribution is 2.59. The number of nitrogen functional groups attached to an aromatic ring is 1. The second-order valence-corrected chi connectivity index (χ2v) is 10.3. The number of anilines is 1. The number of phosphoric acid groups is 1. The lowest BCUT2D eigenvalue weighted by Crippen LogP contribution is -2.53. The summed E-state index contributed by atoms with van der Waals surface area (Å²) in [4.78, 5) is 3.99. The molecule has 0 radical (unpaired) electrons. The summed E-state index contributed by atoms with van der Waals surface area (Å²) in [5.41, 5.74) is 12.7. The van der Waals surface area contributed by atoms with Crippen LogP contribution in [-0.4, -0.2) is 45.6 Å². The van der Waals surface area contributed by atoms with E-state index in [4.69, 9.17) is 29.8 Å². The normalized spacial score (nSPS) is 36.0. The van der Waals surface area contributed by atoms with Crippen LogP contribution in [0.1, 0.15) is 39.5 Å². The molecule has 0 aromatic carbocycles. The molecule has 0 saturated carbocycles. The molecule has 154 valence electrons. The van der Waals surface area contributed by atoms with Crippen LogP contribution in [0.15, 0.2) is 18.5 Å². The predicted molar refractivity (Wildman–Crippen MR) is 101 cm³/mol. The van der Waals surface area contributed by atoms with E-state index < -0.39 is 31.7 Å². The van der Waals surface area contributed by atoms with Gasteiger partial charge in [0.25, 0.3) is 0 Å². The Morgan fingerprint density at radius 1 is 1.43 bits per heavy atom. The van der Waals surface area contributed by atoms with E-state index in [0.717, 1.165) is 0 Å². The molecular weight excluding hydrogens is 385 g/mol. The first-order chi connectivity index (χ1) is 13.0. The van der Waals surface area contributed by atoms with E-state index in [1.54, 1.807) is 17.5 Å². The van der Waals surface area contributed by atoms with Gasteiger partial charge < -0.3 is 16.2 Å². The van der Waals surface area contributed by atoms with Gasteiger partial charge >= 0.3 is 7.82 Å². The minimum Gasteiger partial charge on any atom is -0.382 e. The summed E-state index contributed by atoms with van der Waals surface area (Å²) in [6, 6.07) is 3.64. The molecule has 0 aliphatic carbocycles. The zero-order valence-electron chi connectivity index (χ0n) is 16.4. The smallest absolute Gasteiger partial charge is 0.382 e. The molecule has 2 aliphatic heterocycles. The molecule has 10 nitrogen and oxygen atoms in total. The van der Waals surface area contributed by atoms with Crippen LogP contribution in [0.4, 0.5) is 5.82 Å². The lowest BCUT2D eigenvalue weighted by atomic mass is 9.88. The van der Waals surface area contributed by atoms with E-state index in [0.29, 0.717) is 17.0 Å². The number of rotatable bonds is 3. The fraction of sp³-hybridized carbons (Fsp3) is 0.647. The number of ether oxygens (including phenoxy) is 1. The van der Waals surface area contributed by atoms with Crippen molar-refractivity contribution < 1.29 is 22.9 Å². The largest absolute Gasteiger partial charge is 0.475 e. The Labute approximate surface area is 163 Å². The Bertz CT molecular complexity index is 940. The number of hydrogen-bond donors (Lipinski definition) is 2. The van der Waals surface area contributed by atoms with Gasteiger partial charge in [-0.05, 0) is 24.5 Å². The van der Waals surface area contributed by atoms with Crippen LogP contribution in [0.5, 0.6) is 0 Å². The van der Waals surface area contributed by atoms with Gasteiger partial charge in [-0.3, -0.25) is 13.6 Å². The van der Waals surface area contributed by atoms with Gasteiger partial charge in [0.15, 0.2) is 5.82 Å². The van der Waals surface area contributed by atoms with Crippen LogP contribution in [0, 0.1) is 5.41 Å². The summed E-state index contributed by atoms with van der Waals surface area (Å²) in [6.45, 7) is 8.01. The summed E-state index contributed by atoms with van der Waals surface area (Å²) >= 11 is 0. The molecule has 4 heterocycles. The number of nitrogens with zero attached hydrogens (tertiary/aromatic N) is 3. The first kappa shape index (κ1) is 19.8. The van der Waals surface area contributed by atoms with E-state index in [-0.39, 0.29) is 18.6 Å². The zero-order valence-corrected chi connectivity index (χ0v) is 17.3. The van der Waals surface area contributed by atoms with Gasteiger partial charge in [0, 0.05) is 0 Å². The third-order valence-electron chi connectivity index (χ3n) is 4.90. The van der Waals surface area contributed by atoms with Crippen molar-refractivity contribution in [1.82, 2.24) is 14.6 Å². The molecule has 5 atom stereocenters. The summed E-state index contributed by atoms with van der Waals surface area (Å²) in [6.07, 6.45) is -0.348. The first-order valence-corrected chi connectivity index (χ1v) is 10.6. The minimum absolute atomic E-state index is 0.0653. The van der Waals surface area contributed by atoms with Crippen LogP contribution in [0.3, 0.4) is 0 Å². The van der Waals surface area contributed by atoms with Gasteiger partial charge in [-0.15, -0.1) is 0 Å². The van der Waals surface area contributed by atoms with Gasteiger partial charge in [0.05, 0.1) is 24.4 Å². The van der Waals surface area contributed by atoms with E-state index in [2.05, 4.69) is 10.1 Å². The molecule has 11 heteroatoms. The number of aromatic nitrogens is 3. The van der Waals surface area contributed by atoms with Gasteiger partial charge in [-0.25, -0.2) is 14.1 Å². The molecule has 0 spiro atoms. The zero-order chi connectivity index (χ0) is 20.3. The first-order valence-electron chi connectivity index (χ1n) is 9.10. The van der Waals surface area contributed by atoms with E-state index >= 15 is 0 Å². The lowest BCUT2D eigenvalue weighted by Gasteiger charge is -2.36. The SMILES string of the molecule is CC(C)(C)CO[P@]1(=O)OC[C@H]2OC(c3ccc4c(N)ncnn34)[C@](C)(N)[C@@H]2O1. The standard InChI is InChI=1S/C17H26N5O5P/c1-16(2,3)8-25-28(23)24-7-12-14(27-28)17(4,19)13(26-12)10-5-6-11-15(18)20-9-21-22(10)11/h5-6,9,12-14H,7-8,19H2,1-4H3,(H2,18,20,21)/t12-,13?,14-,17+,28+/m1/s1. The highest BCUT2D eigenvalue weighted by molar-refractivity contribution is 7.48. The van der Waals surface area contributed by atoms with Crippen LogP contribution < -0.4 is 11.5 Å². The average Bonchev–Trinajstić information content (AvgIpc) is 3.13. The topological polar surface area (TPSA) is 136 Å². The van der Waals surface area contributed by atoms with Crippen molar-refractivity contribution in [1.29, 1.82) is 0 Å². The summed E-state index contributed by atoms with van der Waals surface area (Å²) < 4.78 is 37.4. The molecule has 28 heavy (non-hydrogen) atoms. The Morgan fingerprint density at radius 3 is 2.89 bits per heavy atom. The fourth-order valence-electron chi connectivity index (χ4n) is 3.49. The Balaban J connectivity index is 1.61. The number of phosphoric ester groups is 1. The monoisotopic (exact) mass is 411 g/mol. The van der Waals surface area contributed by atoms with Crippen molar-refractivity contribution in [3.05, 3.63) is 24.2 Å². The number of nitrogens with two attached hydrogens (primary N) is 2. The maximum Gasteiger partial charge on any atom is 0.475 e. The molecule has 4 rings (SSSR count). The molecule has 2 aromatic heterocycles. The fourth-order valence-corrected chi connectivity index (χ4v) is 5.20. The maximum absolute atomic E-state index is 12.9. The molecule has 2 fully saturated rings. The Hall–Kier alpha value is -1.55. The maximum atomic E-state index is 12.9. The molecule has 0 amide bonds. The molecule has 2 saturated heterocycles. The van der Waals surface area contributed by atoms with Crippen molar-refractivity contribution in [2.24, 2.45) is 11.1 Å². The number of hydrogen-bond acceptors (Lipinski definition) is 9. The van der Waals surface area contributed by atoms with E-state index in [1.165, 1.54) is 6.33 Å². The van der Waals surface area contributed by atoms with Gasteiger partial charge in [-0.1, -0.05) is 20.8 Å². The van der Waals surface area contributed by atoms with E-state index in [1.807, 2.05) is 26.8 Å². The molecule has 4 N–H and O–H groups in total.